The van der Waals surface area contributed by atoms with Crippen LogP contribution >= 0.6 is 0 Å². The molecule has 2 aromatic carbocycles. The molecule has 2 fully saturated rings. The summed E-state index contributed by atoms with van der Waals surface area (Å²) in [5.41, 5.74) is -1.34. The first kappa shape index (κ1) is 29.3. The van der Waals surface area contributed by atoms with E-state index in [0.29, 0.717) is 17.4 Å². The van der Waals surface area contributed by atoms with E-state index in [1.165, 1.54) is 38.5 Å². The van der Waals surface area contributed by atoms with Gasteiger partial charge in [0, 0.05) is 12.1 Å². The third-order valence-corrected chi connectivity index (χ3v) is 8.06. The number of halogens is 7. The Kier molecular flexibility index (Phi) is 9.57. The van der Waals surface area contributed by atoms with Gasteiger partial charge in [0.05, 0.1) is 0 Å². The lowest BCUT2D eigenvalue weighted by atomic mass is 9.68. The molecule has 2 aromatic rings. The number of rotatable bonds is 7. The van der Waals surface area contributed by atoms with Gasteiger partial charge in [0.2, 0.25) is 0 Å². The van der Waals surface area contributed by atoms with E-state index in [0.717, 1.165) is 43.7 Å². The first-order chi connectivity index (χ1) is 17.1. The van der Waals surface area contributed by atoms with E-state index in [1.54, 1.807) is 0 Å². The van der Waals surface area contributed by atoms with E-state index < -0.39 is 46.5 Å². The fraction of sp³-hybridized carbons (Fsp3) is 0.586. The van der Waals surface area contributed by atoms with Crippen LogP contribution in [0.25, 0.3) is 0 Å². The Labute approximate surface area is 214 Å². The fourth-order valence-corrected chi connectivity index (χ4v) is 6.18. The summed E-state index contributed by atoms with van der Waals surface area (Å²) in [4.78, 5) is 0. The predicted octanol–water partition coefficient (Wildman–Crippen LogP) is 10.0. The number of alkyl halides is 2. The first-order valence-electron chi connectivity index (χ1n) is 12.8. The molecule has 8 heteroatoms. The van der Waals surface area contributed by atoms with Gasteiger partial charge in [0.1, 0.15) is 22.9 Å². The van der Waals surface area contributed by atoms with Gasteiger partial charge in [-0.2, -0.15) is 8.78 Å². The van der Waals surface area contributed by atoms with Crippen molar-refractivity contribution in [3.63, 3.8) is 0 Å². The van der Waals surface area contributed by atoms with Crippen LogP contribution in [0.1, 0.15) is 95.6 Å². The van der Waals surface area contributed by atoms with Crippen LogP contribution in [0, 0.1) is 46.8 Å². The van der Waals surface area contributed by atoms with Gasteiger partial charge in [0.15, 0.2) is 17.5 Å². The van der Waals surface area contributed by atoms with Crippen LogP contribution in [0.2, 0.25) is 0 Å². The Morgan fingerprint density at radius 1 is 0.730 bits per heavy atom. The van der Waals surface area contributed by atoms with Crippen LogP contribution < -0.4 is 4.74 Å². The van der Waals surface area contributed by atoms with Crippen molar-refractivity contribution in [2.24, 2.45) is 17.8 Å². The normalized spacial score (nSPS) is 24.4. The Morgan fingerprint density at radius 2 is 1.22 bits per heavy atom. The van der Waals surface area contributed by atoms with E-state index in [-0.39, 0.29) is 25.5 Å². The molecule has 2 aliphatic carbocycles. The van der Waals surface area contributed by atoms with E-state index in [9.17, 15) is 30.7 Å². The van der Waals surface area contributed by atoms with Gasteiger partial charge in [0.25, 0.3) is 0 Å². The van der Waals surface area contributed by atoms with Crippen LogP contribution in [0.3, 0.4) is 0 Å². The molecule has 2 saturated carbocycles. The summed E-state index contributed by atoms with van der Waals surface area (Å²) in [6.45, 7) is 2.22. The van der Waals surface area contributed by atoms with Crippen LogP contribution in [0.15, 0.2) is 24.3 Å². The molecule has 0 radical (unpaired) electrons. The van der Waals surface area contributed by atoms with Gasteiger partial charge in [-0.05, 0) is 79.9 Å². The van der Waals surface area contributed by atoms with Crippen molar-refractivity contribution in [1.29, 1.82) is 0 Å². The molecule has 0 atom stereocenters. The van der Waals surface area contributed by atoms with Crippen LogP contribution in [-0.4, -0.2) is 0 Å². The average Bonchev–Trinajstić information content (AvgIpc) is 2.82. The summed E-state index contributed by atoms with van der Waals surface area (Å²) in [7, 11) is 0. The van der Waals surface area contributed by atoms with Crippen LogP contribution in [-0.2, 0) is 6.11 Å². The highest BCUT2D eigenvalue weighted by atomic mass is 19.3. The maximum absolute atomic E-state index is 14.7. The Morgan fingerprint density at radius 3 is 1.70 bits per heavy atom. The second-order valence-corrected chi connectivity index (χ2v) is 10.4. The average molecular weight is 533 g/mol. The quantitative estimate of drug-likeness (QED) is 0.255. The van der Waals surface area contributed by atoms with E-state index >= 15 is 0 Å². The molecule has 0 heterocycles. The highest BCUT2D eigenvalue weighted by molar-refractivity contribution is 5.33. The largest absolute Gasteiger partial charge is 0.432 e. The molecule has 0 spiro atoms. The van der Waals surface area contributed by atoms with Crippen molar-refractivity contribution < 1.29 is 35.5 Å². The Bertz CT molecular complexity index is 1010. The lowest BCUT2D eigenvalue weighted by Gasteiger charge is -2.38. The monoisotopic (exact) mass is 532 g/mol. The summed E-state index contributed by atoms with van der Waals surface area (Å²) < 4.78 is 103. The molecule has 0 bridgehead atoms. The van der Waals surface area contributed by atoms with Crippen molar-refractivity contribution in [2.45, 2.75) is 90.6 Å². The van der Waals surface area contributed by atoms with Gasteiger partial charge in [-0.25, -0.2) is 22.0 Å². The van der Waals surface area contributed by atoms with Crippen molar-refractivity contribution in [3.05, 3.63) is 64.5 Å². The van der Waals surface area contributed by atoms with E-state index in [4.69, 9.17) is 0 Å². The molecule has 0 aliphatic heterocycles. The first-order valence-corrected chi connectivity index (χ1v) is 12.8. The van der Waals surface area contributed by atoms with Crippen LogP contribution in [0.4, 0.5) is 30.7 Å². The lowest BCUT2D eigenvalue weighted by Crippen LogP contribution is -2.27. The number of hydrogen-bond acceptors (Lipinski definition) is 1. The van der Waals surface area contributed by atoms with Crippen LogP contribution in [0.5, 0.6) is 5.75 Å². The molecule has 37 heavy (non-hydrogen) atoms. The highest BCUT2D eigenvalue weighted by Crippen LogP contribution is 2.45. The zero-order valence-corrected chi connectivity index (χ0v) is 20.2. The van der Waals surface area contributed by atoms with E-state index in [2.05, 4.69) is 11.7 Å². The molecule has 1 nitrogen and oxygen atoms in total. The summed E-state index contributed by atoms with van der Waals surface area (Å²) >= 11 is 0. The third-order valence-electron chi connectivity index (χ3n) is 8.06. The topological polar surface area (TPSA) is 9.23 Å². The summed E-state index contributed by atoms with van der Waals surface area (Å²) in [6, 6.07) is 2.15. The van der Waals surface area contributed by atoms with Gasteiger partial charge in [-0.1, -0.05) is 40.0 Å². The predicted molar refractivity (Wildman–Crippen MR) is 129 cm³/mol. The fourth-order valence-electron chi connectivity index (χ4n) is 6.18. The molecule has 0 unspecified atom stereocenters. The second kappa shape index (κ2) is 12.1. The van der Waals surface area contributed by atoms with Crippen molar-refractivity contribution in [1.82, 2.24) is 0 Å². The molecule has 0 saturated heterocycles. The molecule has 206 valence electrons. The number of benzene rings is 2. The molecule has 0 amide bonds. The minimum absolute atomic E-state index is 0. The molecular weight excluding hydrogens is 497 g/mol. The molecule has 4 rings (SSSR count). The maximum atomic E-state index is 14.7. The van der Waals surface area contributed by atoms with E-state index in [1.807, 2.05) is 0 Å². The van der Waals surface area contributed by atoms with Gasteiger partial charge < -0.3 is 4.74 Å². The van der Waals surface area contributed by atoms with Crippen molar-refractivity contribution in [3.8, 4) is 5.75 Å². The maximum Gasteiger partial charge on any atom is 0.432 e. The van der Waals surface area contributed by atoms with Gasteiger partial charge in [-0.15, -0.1) is 0 Å². The molecule has 2 aliphatic rings. The van der Waals surface area contributed by atoms with Crippen molar-refractivity contribution >= 4 is 0 Å². The van der Waals surface area contributed by atoms with Crippen molar-refractivity contribution in [2.75, 3.05) is 0 Å². The minimum Gasteiger partial charge on any atom is -0.429 e. The lowest BCUT2D eigenvalue weighted by molar-refractivity contribution is -0.189. The minimum atomic E-state index is -4.57. The Hall–Kier alpha value is -2.25. The molecular formula is C29H35F7O. The summed E-state index contributed by atoms with van der Waals surface area (Å²) in [6.07, 6.45) is 6.29. The molecule has 0 aromatic heterocycles. The smallest absolute Gasteiger partial charge is 0.429 e. The van der Waals surface area contributed by atoms with Gasteiger partial charge >= 0.3 is 6.11 Å². The Balaban J connectivity index is 0.00000380. The molecule has 0 N–H and O–H groups in total. The number of hydrogen-bond donors (Lipinski definition) is 0. The summed E-state index contributed by atoms with van der Waals surface area (Å²) in [5, 5.41) is 0. The highest BCUT2D eigenvalue weighted by Gasteiger charge is 2.42. The second-order valence-electron chi connectivity index (χ2n) is 10.4. The number of ether oxygens (including phenoxy) is 1. The zero-order chi connectivity index (χ0) is 26.0. The SMILES string of the molecule is C.CCCC1CCC(C2CCC(c3cc(F)c(C(F)(F)Oc4cc(F)c(F)c(F)c4)c(F)c3)CC2)CC1. The standard InChI is InChI=1S/C28H31F7O.CH4/c1-2-3-16-4-6-17(7-5-16)18-8-10-19(11-9-18)20-12-22(29)26(23(30)13-20)28(34,35)36-21-14-24(31)27(33)25(32)15-21;/h12-19H,2-11H2,1H3;1H4. The summed E-state index contributed by atoms with van der Waals surface area (Å²) in [5.74, 6) is -7.53. The van der Waals surface area contributed by atoms with Gasteiger partial charge in [-0.3, -0.25) is 0 Å². The third kappa shape index (κ3) is 6.61. The zero-order valence-electron chi connectivity index (χ0n) is 20.2.